The summed E-state index contributed by atoms with van der Waals surface area (Å²) < 4.78 is 5.86. The summed E-state index contributed by atoms with van der Waals surface area (Å²) in [6, 6.07) is 15.4. The van der Waals surface area contributed by atoms with Crippen molar-refractivity contribution in [2.75, 3.05) is 5.73 Å². The molecular formula is C17H15NO2. The van der Waals surface area contributed by atoms with Gasteiger partial charge in [0.15, 0.2) is 0 Å². The maximum absolute atomic E-state index is 11.1. The lowest BCUT2D eigenvalue weighted by molar-refractivity contribution is 0.0605. The maximum atomic E-state index is 11.1. The average molecular weight is 265 g/mol. The van der Waals surface area contributed by atoms with Gasteiger partial charge in [-0.3, -0.25) is 0 Å². The van der Waals surface area contributed by atoms with Gasteiger partial charge >= 0.3 is 0 Å². The Bertz CT molecular complexity index is 773. The Morgan fingerprint density at radius 2 is 1.95 bits per heavy atom. The molecule has 100 valence electrons. The fourth-order valence-electron chi connectivity index (χ4n) is 3.12. The molecular weight excluding hydrogens is 250 g/mol. The van der Waals surface area contributed by atoms with Crippen molar-refractivity contribution in [1.29, 1.82) is 0 Å². The number of hydrogen-bond donors (Lipinski definition) is 2. The first-order valence-corrected chi connectivity index (χ1v) is 6.77. The highest BCUT2D eigenvalue weighted by Crippen LogP contribution is 2.44. The highest BCUT2D eigenvalue weighted by Gasteiger charge is 2.41. The lowest BCUT2D eigenvalue weighted by Crippen LogP contribution is -2.23. The number of para-hydroxylation sites is 1. The van der Waals surface area contributed by atoms with Crippen LogP contribution in [0.4, 0.5) is 5.69 Å². The van der Waals surface area contributed by atoms with Crippen molar-refractivity contribution >= 4 is 16.7 Å². The molecule has 3 nitrogen and oxygen atoms in total. The van der Waals surface area contributed by atoms with Crippen LogP contribution in [0.3, 0.4) is 0 Å². The van der Waals surface area contributed by atoms with Gasteiger partial charge in [-0.05, 0) is 48.2 Å². The average Bonchev–Trinajstić information content (AvgIpc) is 3.01. The molecule has 3 N–H and O–H groups in total. The van der Waals surface area contributed by atoms with Gasteiger partial charge in [0.2, 0.25) is 0 Å². The molecule has 1 heterocycles. The monoisotopic (exact) mass is 265 g/mol. The molecule has 0 bridgehead atoms. The van der Waals surface area contributed by atoms with E-state index in [4.69, 9.17) is 10.2 Å². The third-order valence-corrected chi connectivity index (χ3v) is 4.16. The fraction of sp³-hybridized carbons (Fsp3) is 0.176. The van der Waals surface area contributed by atoms with Gasteiger partial charge in [0.1, 0.15) is 16.9 Å². The van der Waals surface area contributed by atoms with Crippen LogP contribution in [0.5, 0.6) is 0 Å². The van der Waals surface area contributed by atoms with E-state index in [0.717, 1.165) is 34.2 Å². The molecule has 1 aromatic heterocycles. The molecule has 2 aromatic carbocycles. The summed E-state index contributed by atoms with van der Waals surface area (Å²) in [5.74, 6) is 0.613. The van der Waals surface area contributed by atoms with Crippen LogP contribution in [-0.4, -0.2) is 5.11 Å². The number of fused-ring (bicyclic) bond motifs is 2. The summed E-state index contributed by atoms with van der Waals surface area (Å²) in [6.07, 6.45) is 1.44. The van der Waals surface area contributed by atoms with Crippen LogP contribution in [0, 0.1) is 0 Å². The van der Waals surface area contributed by atoms with Crippen LogP contribution in [0.1, 0.15) is 23.3 Å². The number of aryl methyl sites for hydroxylation is 1. The van der Waals surface area contributed by atoms with Crippen molar-refractivity contribution in [2.24, 2.45) is 0 Å². The zero-order valence-corrected chi connectivity index (χ0v) is 11.0. The molecule has 20 heavy (non-hydrogen) atoms. The molecule has 1 aliphatic carbocycles. The number of aliphatic hydroxyl groups is 1. The highest BCUT2D eigenvalue weighted by molar-refractivity contribution is 5.78. The Hall–Kier alpha value is -2.26. The maximum Gasteiger partial charge on any atom is 0.148 e. The van der Waals surface area contributed by atoms with E-state index in [0.29, 0.717) is 12.2 Å². The van der Waals surface area contributed by atoms with Gasteiger partial charge in [-0.25, -0.2) is 0 Å². The third-order valence-electron chi connectivity index (χ3n) is 4.16. The molecule has 0 radical (unpaired) electrons. The van der Waals surface area contributed by atoms with Gasteiger partial charge in [-0.1, -0.05) is 24.3 Å². The molecule has 4 rings (SSSR count). The highest BCUT2D eigenvalue weighted by atomic mass is 16.4. The van der Waals surface area contributed by atoms with E-state index >= 15 is 0 Å². The van der Waals surface area contributed by atoms with Crippen LogP contribution in [0.25, 0.3) is 11.0 Å². The van der Waals surface area contributed by atoms with Crippen molar-refractivity contribution in [2.45, 2.75) is 18.4 Å². The quantitative estimate of drug-likeness (QED) is 0.664. The topological polar surface area (TPSA) is 59.4 Å². The summed E-state index contributed by atoms with van der Waals surface area (Å²) in [5.41, 5.74) is 8.33. The van der Waals surface area contributed by atoms with Gasteiger partial charge in [-0.2, -0.15) is 0 Å². The van der Waals surface area contributed by atoms with Crippen molar-refractivity contribution < 1.29 is 9.52 Å². The number of nitrogens with two attached hydrogens (primary N) is 1. The molecule has 1 unspecified atom stereocenters. The Morgan fingerprint density at radius 1 is 1.10 bits per heavy atom. The van der Waals surface area contributed by atoms with Crippen LogP contribution < -0.4 is 5.73 Å². The molecule has 3 heteroatoms. The molecule has 1 aliphatic rings. The number of nitrogen functional groups attached to an aromatic ring is 1. The van der Waals surface area contributed by atoms with Gasteiger partial charge in [0.25, 0.3) is 0 Å². The first kappa shape index (κ1) is 11.6. The zero-order chi connectivity index (χ0) is 13.7. The third kappa shape index (κ3) is 1.50. The summed E-state index contributed by atoms with van der Waals surface area (Å²) in [7, 11) is 0. The van der Waals surface area contributed by atoms with E-state index in [-0.39, 0.29) is 0 Å². The van der Waals surface area contributed by atoms with E-state index in [1.54, 1.807) is 0 Å². The normalized spacial score (nSPS) is 21.2. The van der Waals surface area contributed by atoms with E-state index in [9.17, 15) is 5.11 Å². The van der Waals surface area contributed by atoms with Gasteiger partial charge in [0.05, 0.1) is 0 Å². The van der Waals surface area contributed by atoms with Crippen molar-refractivity contribution in [1.82, 2.24) is 0 Å². The number of hydrogen-bond acceptors (Lipinski definition) is 3. The summed E-state index contributed by atoms with van der Waals surface area (Å²) >= 11 is 0. The van der Waals surface area contributed by atoms with Gasteiger partial charge < -0.3 is 15.3 Å². The van der Waals surface area contributed by atoms with E-state index < -0.39 is 5.60 Å². The summed E-state index contributed by atoms with van der Waals surface area (Å²) in [4.78, 5) is 0. The number of anilines is 1. The summed E-state index contributed by atoms with van der Waals surface area (Å²) in [6.45, 7) is 0. The molecule has 3 aromatic rings. The molecule has 0 aliphatic heterocycles. The van der Waals surface area contributed by atoms with E-state index in [1.165, 1.54) is 0 Å². The molecule has 0 amide bonds. The van der Waals surface area contributed by atoms with Crippen molar-refractivity contribution in [3.63, 3.8) is 0 Å². The largest absolute Gasteiger partial charge is 0.458 e. The molecule has 0 spiro atoms. The SMILES string of the molecule is Nc1ccc2c(c1)CCC2(O)c1cc2ccccc2o1. The van der Waals surface area contributed by atoms with E-state index in [2.05, 4.69) is 0 Å². The smallest absolute Gasteiger partial charge is 0.148 e. The second kappa shape index (κ2) is 3.87. The first-order chi connectivity index (χ1) is 9.67. The lowest BCUT2D eigenvalue weighted by atomic mass is 9.93. The van der Waals surface area contributed by atoms with E-state index in [1.807, 2.05) is 48.5 Å². The first-order valence-electron chi connectivity index (χ1n) is 6.77. The van der Waals surface area contributed by atoms with Crippen LogP contribution in [0.2, 0.25) is 0 Å². The Morgan fingerprint density at radius 3 is 2.80 bits per heavy atom. The van der Waals surface area contributed by atoms with Crippen molar-refractivity contribution in [3.8, 4) is 0 Å². The predicted octanol–water partition coefficient (Wildman–Crippen LogP) is 3.20. The van der Waals surface area contributed by atoms with Crippen LogP contribution in [-0.2, 0) is 12.0 Å². The zero-order valence-electron chi connectivity index (χ0n) is 11.0. The minimum atomic E-state index is -1.04. The second-order valence-electron chi connectivity index (χ2n) is 5.43. The Labute approximate surface area is 116 Å². The molecule has 0 saturated carbocycles. The van der Waals surface area contributed by atoms with Gasteiger partial charge in [0, 0.05) is 11.1 Å². The van der Waals surface area contributed by atoms with Crippen molar-refractivity contribution in [3.05, 3.63) is 65.4 Å². The Kier molecular flexibility index (Phi) is 2.24. The Balaban J connectivity index is 1.90. The second-order valence-corrected chi connectivity index (χ2v) is 5.43. The lowest BCUT2D eigenvalue weighted by Gasteiger charge is -2.21. The summed E-state index contributed by atoms with van der Waals surface area (Å²) in [5, 5.41) is 12.1. The standard InChI is InChI=1S/C17H15NO2/c18-13-5-6-14-11(9-13)7-8-17(14,19)16-10-12-3-1-2-4-15(12)20-16/h1-6,9-10,19H,7-8,18H2. The van der Waals surface area contributed by atoms with Crippen LogP contribution >= 0.6 is 0 Å². The number of rotatable bonds is 1. The predicted molar refractivity (Wildman–Crippen MR) is 78.4 cm³/mol. The van der Waals surface area contributed by atoms with Gasteiger partial charge in [-0.15, -0.1) is 0 Å². The molecule has 1 atom stereocenters. The minimum absolute atomic E-state index is 0.613. The fourth-order valence-corrected chi connectivity index (χ4v) is 3.12. The minimum Gasteiger partial charge on any atom is -0.458 e. The van der Waals surface area contributed by atoms with Crippen LogP contribution in [0.15, 0.2) is 52.9 Å². The molecule has 0 saturated heterocycles. The number of furan rings is 1. The number of benzene rings is 2. The molecule has 0 fully saturated rings.